The molecule has 0 radical (unpaired) electrons. The zero-order valence-electron chi connectivity index (χ0n) is 13.8. The highest BCUT2D eigenvalue weighted by atomic mass is 16.3. The first-order chi connectivity index (χ1) is 11.0. The van der Waals surface area contributed by atoms with Crippen LogP contribution in [0.15, 0.2) is 24.3 Å². The van der Waals surface area contributed by atoms with Crippen molar-refractivity contribution in [3.8, 4) is 0 Å². The van der Waals surface area contributed by atoms with E-state index in [4.69, 9.17) is 4.98 Å². The number of imidazole rings is 1. The maximum Gasteiger partial charge on any atom is 0.240 e. The van der Waals surface area contributed by atoms with Gasteiger partial charge in [-0.2, -0.15) is 0 Å². The van der Waals surface area contributed by atoms with Crippen molar-refractivity contribution in [2.45, 2.75) is 51.7 Å². The van der Waals surface area contributed by atoms with E-state index in [-0.39, 0.29) is 17.9 Å². The number of aliphatic hydroxyl groups is 1. The molecule has 2 aromatic rings. The van der Waals surface area contributed by atoms with E-state index in [0.29, 0.717) is 25.4 Å². The van der Waals surface area contributed by atoms with Gasteiger partial charge < -0.3 is 15.0 Å². The molecule has 2 N–H and O–H groups in total. The molecular formula is C18H25N3O2. The Hall–Kier alpha value is -1.88. The number of benzene rings is 1. The maximum absolute atomic E-state index is 12.3. The Kier molecular flexibility index (Phi) is 4.66. The molecule has 3 rings (SSSR count). The van der Waals surface area contributed by atoms with Crippen LogP contribution in [0.3, 0.4) is 0 Å². The SMILES string of the molecule is CC(O)CC(C)CNC(=O)Cn1c(C2CC2)nc2ccccc21. The fourth-order valence-electron chi connectivity index (χ4n) is 3.07. The topological polar surface area (TPSA) is 67.2 Å². The van der Waals surface area contributed by atoms with Gasteiger partial charge >= 0.3 is 0 Å². The summed E-state index contributed by atoms with van der Waals surface area (Å²) in [4.78, 5) is 17.0. The van der Waals surface area contributed by atoms with Crippen LogP contribution in [0.25, 0.3) is 11.0 Å². The van der Waals surface area contributed by atoms with Crippen LogP contribution in [0, 0.1) is 5.92 Å². The van der Waals surface area contributed by atoms with E-state index < -0.39 is 0 Å². The highest BCUT2D eigenvalue weighted by Crippen LogP contribution is 2.40. The molecule has 5 heteroatoms. The number of para-hydroxylation sites is 2. The van der Waals surface area contributed by atoms with Crippen LogP contribution in [0.1, 0.15) is 44.9 Å². The highest BCUT2D eigenvalue weighted by molar-refractivity contribution is 5.81. The Bertz CT molecular complexity index is 689. The van der Waals surface area contributed by atoms with Gasteiger partial charge in [0.15, 0.2) is 0 Å². The van der Waals surface area contributed by atoms with Crippen LogP contribution in [0.2, 0.25) is 0 Å². The number of aromatic nitrogens is 2. The Labute approximate surface area is 136 Å². The van der Waals surface area contributed by atoms with Gasteiger partial charge in [0, 0.05) is 12.5 Å². The lowest BCUT2D eigenvalue weighted by Crippen LogP contribution is -2.32. The van der Waals surface area contributed by atoms with Crippen LogP contribution < -0.4 is 5.32 Å². The van der Waals surface area contributed by atoms with Gasteiger partial charge in [-0.3, -0.25) is 4.79 Å². The zero-order valence-corrected chi connectivity index (χ0v) is 13.8. The molecule has 124 valence electrons. The summed E-state index contributed by atoms with van der Waals surface area (Å²) >= 11 is 0. The second-order valence-corrected chi connectivity index (χ2v) is 6.81. The van der Waals surface area contributed by atoms with E-state index >= 15 is 0 Å². The predicted octanol–water partition coefficient (Wildman–Crippen LogP) is 2.44. The van der Waals surface area contributed by atoms with Crippen LogP contribution in [-0.2, 0) is 11.3 Å². The van der Waals surface area contributed by atoms with Gasteiger partial charge in [0.05, 0.1) is 17.1 Å². The van der Waals surface area contributed by atoms with Gasteiger partial charge in [-0.05, 0) is 44.2 Å². The minimum Gasteiger partial charge on any atom is -0.393 e. The zero-order chi connectivity index (χ0) is 16.4. The van der Waals surface area contributed by atoms with Gasteiger partial charge in [-0.25, -0.2) is 4.98 Å². The van der Waals surface area contributed by atoms with E-state index in [0.717, 1.165) is 29.7 Å². The third kappa shape index (κ3) is 3.91. The summed E-state index contributed by atoms with van der Waals surface area (Å²) in [5, 5.41) is 12.4. The number of carbonyl (C=O) groups is 1. The number of fused-ring (bicyclic) bond motifs is 1. The first-order valence-electron chi connectivity index (χ1n) is 8.44. The number of nitrogens with zero attached hydrogens (tertiary/aromatic N) is 2. The van der Waals surface area contributed by atoms with Crippen molar-refractivity contribution in [1.29, 1.82) is 0 Å². The number of carbonyl (C=O) groups excluding carboxylic acids is 1. The van der Waals surface area contributed by atoms with Crippen molar-refractivity contribution in [1.82, 2.24) is 14.9 Å². The molecule has 1 aromatic heterocycles. The molecular weight excluding hydrogens is 290 g/mol. The molecule has 1 aromatic carbocycles. The largest absolute Gasteiger partial charge is 0.393 e. The summed E-state index contributed by atoms with van der Waals surface area (Å²) in [7, 11) is 0. The number of aliphatic hydroxyl groups excluding tert-OH is 1. The maximum atomic E-state index is 12.3. The molecule has 1 saturated carbocycles. The van der Waals surface area contributed by atoms with Crippen molar-refractivity contribution in [3.05, 3.63) is 30.1 Å². The fourth-order valence-corrected chi connectivity index (χ4v) is 3.07. The first kappa shape index (κ1) is 16.0. The molecule has 2 unspecified atom stereocenters. The average Bonchev–Trinajstić information content (AvgIpc) is 3.28. The van der Waals surface area contributed by atoms with Crippen molar-refractivity contribution in [2.75, 3.05) is 6.54 Å². The summed E-state index contributed by atoms with van der Waals surface area (Å²) in [6, 6.07) is 7.99. The first-order valence-corrected chi connectivity index (χ1v) is 8.44. The molecule has 5 nitrogen and oxygen atoms in total. The van der Waals surface area contributed by atoms with Crippen molar-refractivity contribution < 1.29 is 9.90 Å². The number of amides is 1. The minimum absolute atomic E-state index is 0.00694. The van der Waals surface area contributed by atoms with E-state index in [1.165, 1.54) is 0 Å². The summed E-state index contributed by atoms with van der Waals surface area (Å²) in [6.45, 7) is 4.72. The van der Waals surface area contributed by atoms with Gasteiger partial charge in [0.1, 0.15) is 12.4 Å². The van der Waals surface area contributed by atoms with Crippen molar-refractivity contribution in [3.63, 3.8) is 0 Å². The second-order valence-electron chi connectivity index (χ2n) is 6.81. The molecule has 0 saturated heterocycles. The van der Waals surface area contributed by atoms with E-state index in [9.17, 15) is 9.90 Å². The second kappa shape index (κ2) is 6.71. The number of hydrogen-bond donors (Lipinski definition) is 2. The predicted molar refractivity (Wildman–Crippen MR) is 90.2 cm³/mol. The van der Waals surface area contributed by atoms with Crippen molar-refractivity contribution >= 4 is 16.9 Å². The fraction of sp³-hybridized carbons (Fsp3) is 0.556. The van der Waals surface area contributed by atoms with Gasteiger partial charge in [0.25, 0.3) is 0 Å². The van der Waals surface area contributed by atoms with Gasteiger partial charge in [0.2, 0.25) is 5.91 Å². The summed E-state index contributed by atoms with van der Waals surface area (Å²) in [5.41, 5.74) is 1.99. The standard InChI is InChI=1S/C18H25N3O2/c1-12(9-13(2)22)10-19-17(23)11-21-16-6-4-3-5-15(16)20-18(21)14-7-8-14/h3-6,12-14,22H,7-11H2,1-2H3,(H,19,23). The molecule has 1 heterocycles. The molecule has 1 fully saturated rings. The number of hydrogen-bond acceptors (Lipinski definition) is 3. The monoisotopic (exact) mass is 315 g/mol. The van der Waals surface area contributed by atoms with Crippen LogP contribution in [-0.4, -0.2) is 33.2 Å². The number of rotatable bonds is 7. The van der Waals surface area contributed by atoms with E-state index in [2.05, 4.69) is 9.88 Å². The van der Waals surface area contributed by atoms with E-state index in [1.807, 2.05) is 31.2 Å². The lowest BCUT2D eigenvalue weighted by Gasteiger charge is -2.15. The number of nitrogens with one attached hydrogen (secondary N) is 1. The molecule has 1 aliphatic rings. The lowest BCUT2D eigenvalue weighted by atomic mass is 10.0. The van der Waals surface area contributed by atoms with Crippen LogP contribution in [0.5, 0.6) is 0 Å². The normalized spacial score (nSPS) is 17.2. The van der Waals surface area contributed by atoms with E-state index in [1.54, 1.807) is 6.92 Å². The highest BCUT2D eigenvalue weighted by Gasteiger charge is 2.30. The summed E-state index contributed by atoms with van der Waals surface area (Å²) in [5.74, 6) is 1.82. The molecule has 0 aliphatic heterocycles. The van der Waals surface area contributed by atoms with Crippen molar-refractivity contribution in [2.24, 2.45) is 5.92 Å². The molecule has 0 spiro atoms. The van der Waals surface area contributed by atoms with Crippen LogP contribution in [0.4, 0.5) is 0 Å². The Morgan fingerprint density at radius 3 is 2.83 bits per heavy atom. The lowest BCUT2D eigenvalue weighted by molar-refractivity contribution is -0.121. The minimum atomic E-state index is -0.332. The Morgan fingerprint density at radius 2 is 2.13 bits per heavy atom. The molecule has 1 aliphatic carbocycles. The van der Waals surface area contributed by atoms with Crippen LogP contribution >= 0.6 is 0 Å². The third-order valence-electron chi connectivity index (χ3n) is 4.32. The smallest absolute Gasteiger partial charge is 0.240 e. The summed E-state index contributed by atoms with van der Waals surface area (Å²) < 4.78 is 2.06. The molecule has 23 heavy (non-hydrogen) atoms. The van der Waals surface area contributed by atoms with Gasteiger partial charge in [-0.1, -0.05) is 19.1 Å². The Balaban J connectivity index is 1.68. The molecule has 2 atom stereocenters. The Morgan fingerprint density at radius 1 is 1.39 bits per heavy atom. The quantitative estimate of drug-likeness (QED) is 0.824. The molecule has 1 amide bonds. The third-order valence-corrected chi connectivity index (χ3v) is 4.32. The average molecular weight is 315 g/mol. The molecule has 0 bridgehead atoms. The summed E-state index contributed by atoms with van der Waals surface area (Å²) in [6.07, 6.45) is 2.69. The van der Waals surface area contributed by atoms with Gasteiger partial charge in [-0.15, -0.1) is 0 Å².